The van der Waals surface area contributed by atoms with Gasteiger partial charge in [-0.05, 0) is 27.2 Å². The second kappa shape index (κ2) is 882. The van der Waals surface area contributed by atoms with Crippen molar-refractivity contribution >= 4 is 0 Å². The summed E-state index contributed by atoms with van der Waals surface area (Å²) in [6.07, 6.45) is 10.6. The fraction of sp³-hybridized carbons (Fsp3) is 0.875. The lowest BCUT2D eigenvalue weighted by Crippen LogP contribution is -1.43. The van der Waals surface area contributed by atoms with E-state index in [1.807, 2.05) is 171 Å². The molecule has 0 aromatic rings. The second-order valence-corrected chi connectivity index (χ2v) is 2.35. The predicted molar refractivity (Wildman–Crippen MR) is 175 cm³/mol. The summed E-state index contributed by atoms with van der Waals surface area (Å²) in [6, 6.07) is 0. The van der Waals surface area contributed by atoms with Gasteiger partial charge in [0.05, 0.1) is 0 Å². The minimum atomic E-state index is 1.16. The fourth-order valence-electron chi connectivity index (χ4n) is 0.236. The van der Waals surface area contributed by atoms with Crippen LogP contribution in [0.4, 0.5) is 0 Å². The zero-order valence-electron chi connectivity index (χ0n) is 29.7. The standard InChI is InChI=1S/C5H10.C4H8.C3H8.10C2H6/c1-3-5-4-2;1-3-4-2;1-3-2;10*1-2/h3,5H,4H2,1-2H3;3-4H,1-2H3;3H2,1-2H3;10*1-2H3/b5-3+;;;;;;;;;;;;. The van der Waals surface area contributed by atoms with Gasteiger partial charge in [0.1, 0.15) is 0 Å². The van der Waals surface area contributed by atoms with Gasteiger partial charge >= 0.3 is 0 Å². The Hall–Kier alpha value is -0.520. The van der Waals surface area contributed by atoms with Crippen LogP contribution in [0.2, 0.25) is 0 Å². The Kier molecular flexibility index (Phi) is 2360. The summed E-state index contributed by atoms with van der Waals surface area (Å²) < 4.78 is 0. The van der Waals surface area contributed by atoms with Crippen LogP contribution < -0.4 is 0 Å². The average molecular weight is 471 g/mol. The van der Waals surface area contributed by atoms with Crippen molar-refractivity contribution in [2.75, 3.05) is 0 Å². The first-order chi connectivity index (χ1) is 15.7. The molecule has 0 saturated carbocycles. The van der Waals surface area contributed by atoms with Crippen LogP contribution in [0.15, 0.2) is 24.3 Å². The van der Waals surface area contributed by atoms with Crippen molar-refractivity contribution in [3.63, 3.8) is 0 Å². The molecule has 0 aliphatic rings. The van der Waals surface area contributed by atoms with E-state index in [4.69, 9.17) is 0 Å². The summed E-state index contributed by atoms with van der Waals surface area (Å²) in [7, 11) is 0. The van der Waals surface area contributed by atoms with Crippen molar-refractivity contribution in [1.82, 2.24) is 0 Å². The van der Waals surface area contributed by atoms with E-state index >= 15 is 0 Å². The van der Waals surface area contributed by atoms with Gasteiger partial charge in [0, 0.05) is 0 Å². The van der Waals surface area contributed by atoms with E-state index in [1.165, 1.54) is 6.42 Å². The van der Waals surface area contributed by atoms with Gasteiger partial charge in [-0.15, -0.1) is 0 Å². The van der Waals surface area contributed by atoms with E-state index in [2.05, 4.69) is 32.9 Å². The molecule has 0 aliphatic heterocycles. The number of rotatable bonds is 1. The van der Waals surface area contributed by atoms with E-state index in [-0.39, 0.29) is 0 Å². The Morgan fingerprint density at radius 2 is 0.438 bits per heavy atom. The van der Waals surface area contributed by atoms with Crippen LogP contribution in [0, 0.1) is 0 Å². The summed E-state index contributed by atoms with van der Waals surface area (Å²) in [5, 5.41) is 0. The molecule has 0 atom stereocenters. The van der Waals surface area contributed by atoms with Crippen LogP contribution >= 0.6 is 0 Å². The van der Waals surface area contributed by atoms with Crippen molar-refractivity contribution in [3.05, 3.63) is 24.3 Å². The Bertz CT molecular complexity index is 74.0. The molecule has 0 N–H and O–H groups in total. The largest absolute Gasteiger partial charge is 0.0919 e. The molecule has 0 nitrogen and oxygen atoms in total. The first-order valence-corrected chi connectivity index (χ1v) is 14.9. The van der Waals surface area contributed by atoms with Crippen LogP contribution in [0.1, 0.15) is 193 Å². The molecule has 0 fully saturated rings. The minimum absolute atomic E-state index is 1.16. The van der Waals surface area contributed by atoms with Gasteiger partial charge in [0.2, 0.25) is 0 Å². The Morgan fingerprint density at radius 1 is 0.312 bits per heavy atom. The Morgan fingerprint density at radius 3 is 0.438 bits per heavy atom. The van der Waals surface area contributed by atoms with E-state index in [9.17, 15) is 0 Å². The molecule has 214 valence electrons. The summed E-state index contributed by atoms with van der Waals surface area (Å²) >= 11 is 0. The lowest BCUT2D eigenvalue weighted by Gasteiger charge is -1.65. The second-order valence-electron chi connectivity index (χ2n) is 2.35. The molecule has 0 spiro atoms. The van der Waals surface area contributed by atoms with E-state index < -0.39 is 0 Å². The highest BCUT2D eigenvalue weighted by Gasteiger charge is 1.52. The molecular weight excluding hydrogens is 384 g/mol. The van der Waals surface area contributed by atoms with Gasteiger partial charge in [-0.25, -0.2) is 0 Å². The normalized spacial score (nSPS) is 5.19. The first kappa shape index (κ1) is 85.6. The summed E-state index contributed by atoms with van der Waals surface area (Å²) in [5.74, 6) is 0. The summed E-state index contributed by atoms with van der Waals surface area (Å²) in [5.41, 5.74) is 0. The summed E-state index contributed by atoms with van der Waals surface area (Å²) in [6.45, 7) is 52.4. The average Bonchev–Trinajstić information content (AvgIpc) is 2.96. The maximum Gasteiger partial charge on any atom is -0.0379 e. The quantitative estimate of drug-likeness (QED) is 0.334. The van der Waals surface area contributed by atoms with Crippen LogP contribution in [-0.4, -0.2) is 0 Å². The fourth-order valence-corrected chi connectivity index (χ4v) is 0.236. The molecule has 0 aromatic carbocycles. The van der Waals surface area contributed by atoms with Crippen molar-refractivity contribution in [3.8, 4) is 0 Å². The predicted octanol–water partition coefficient (Wildman–Crippen LogP) is 15.2. The SMILES string of the molecule is C/C=C/CC.CC.CC.CC.CC.CC.CC.CC.CC.CC.CC.CC=CC.CCC. The molecule has 0 saturated heterocycles. The summed E-state index contributed by atoms with van der Waals surface area (Å²) in [4.78, 5) is 0. The Balaban J connectivity index is -0.0000000114. The molecule has 0 aromatic heterocycles. The molecule has 0 amide bonds. The van der Waals surface area contributed by atoms with Crippen molar-refractivity contribution in [1.29, 1.82) is 0 Å². The Labute approximate surface area is 217 Å². The van der Waals surface area contributed by atoms with Crippen LogP contribution in [-0.2, 0) is 0 Å². The van der Waals surface area contributed by atoms with Gasteiger partial charge in [0.15, 0.2) is 0 Å². The van der Waals surface area contributed by atoms with Crippen molar-refractivity contribution < 1.29 is 0 Å². The van der Waals surface area contributed by atoms with Gasteiger partial charge in [0.25, 0.3) is 0 Å². The van der Waals surface area contributed by atoms with Crippen LogP contribution in [0.3, 0.4) is 0 Å². The maximum absolute atomic E-state index is 2.12. The highest BCUT2D eigenvalue weighted by atomic mass is 13.6. The van der Waals surface area contributed by atoms with Gasteiger partial charge in [-0.2, -0.15) is 0 Å². The van der Waals surface area contributed by atoms with E-state index in [0.717, 1.165) is 6.42 Å². The molecule has 0 radical (unpaired) electrons. The number of hydrogen-bond acceptors (Lipinski definition) is 0. The smallest absolute Gasteiger partial charge is 0.0379 e. The lowest BCUT2D eigenvalue weighted by atomic mass is 10.4. The van der Waals surface area contributed by atoms with Gasteiger partial charge in [-0.1, -0.05) is 190 Å². The lowest BCUT2D eigenvalue weighted by molar-refractivity contribution is 1.09. The van der Waals surface area contributed by atoms with Crippen molar-refractivity contribution in [2.24, 2.45) is 0 Å². The highest BCUT2D eigenvalue weighted by molar-refractivity contribution is 4.73. The van der Waals surface area contributed by atoms with E-state index in [0.29, 0.717) is 0 Å². The molecule has 0 rings (SSSR count). The van der Waals surface area contributed by atoms with Gasteiger partial charge < -0.3 is 0 Å². The van der Waals surface area contributed by atoms with Crippen molar-refractivity contribution in [2.45, 2.75) is 193 Å². The monoisotopic (exact) mass is 471 g/mol. The molecule has 0 heteroatoms. The topological polar surface area (TPSA) is 0 Å². The molecule has 0 bridgehead atoms. The van der Waals surface area contributed by atoms with E-state index in [1.54, 1.807) is 0 Å². The molecule has 0 heterocycles. The minimum Gasteiger partial charge on any atom is -0.0919 e. The van der Waals surface area contributed by atoms with Crippen LogP contribution in [0.25, 0.3) is 0 Å². The molecular formula is C32H86. The molecule has 32 heavy (non-hydrogen) atoms. The number of hydrogen-bond donors (Lipinski definition) is 0. The zero-order chi connectivity index (χ0) is 30.2. The third kappa shape index (κ3) is 3890. The third-order valence-electron chi connectivity index (χ3n) is 0.805. The third-order valence-corrected chi connectivity index (χ3v) is 0.805. The zero-order valence-corrected chi connectivity index (χ0v) is 29.7. The molecule has 0 unspecified atom stereocenters. The first-order valence-electron chi connectivity index (χ1n) is 14.9. The maximum atomic E-state index is 2.12. The highest BCUT2D eigenvalue weighted by Crippen LogP contribution is 1.73. The molecule has 0 aliphatic carbocycles. The van der Waals surface area contributed by atoms with Crippen LogP contribution in [0.5, 0.6) is 0 Å². The number of allylic oxidation sites excluding steroid dienone is 4. The van der Waals surface area contributed by atoms with Gasteiger partial charge in [-0.3, -0.25) is 0 Å².